The summed E-state index contributed by atoms with van der Waals surface area (Å²) in [6.07, 6.45) is -1.21. The van der Waals surface area contributed by atoms with E-state index in [2.05, 4.69) is 0 Å². The maximum atomic E-state index is 14.2. The van der Waals surface area contributed by atoms with Gasteiger partial charge in [-0.1, -0.05) is 12.1 Å². The average molecular weight is 238 g/mol. The van der Waals surface area contributed by atoms with Crippen LogP contribution in [0.5, 0.6) is 0 Å². The van der Waals surface area contributed by atoms with Crippen molar-refractivity contribution in [3.63, 3.8) is 0 Å². The molecule has 17 heavy (non-hydrogen) atoms. The predicted octanol–water partition coefficient (Wildman–Crippen LogP) is 1.09. The molecular formula is C12H15FN2O2. The first-order valence-corrected chi connectivity index (χ1v) is 5.54. The fourth-order valence-electron chi connectivity index (χ4n) is 1.86. The fraction of sp³-hybridized carbons (Fsp3) is 0.417. The molecule has 1 unspecified atom stereocenters. The van der Waals surface area contributed by atoms with E-state index < -0.39 is 12.2 Å². The third-order valence-electron chi connectivity index (χ3n) is 2.81. The Morgan fingerprint density at radius 2 is 2.12 bits per heavy atom. The standard InChI is InChI=1S/C12H15FN2O2/c13-11(15-4-6-17-7-5-15)9-2-1-3-10(8-9)12(14)16/h1-3,8,11H,4-7H2,(H2,14,16). The number of nitrogens with zero attached hydrogens (tertiary/aromatic N) is 1. The molecule has 92 valence electrons. The number of rotatable bonds is 3. The van der Waals surface area contributed by atoms with Crippen molar-refractivity contribution in [3.05, 3.63) is 35.4 Å². The van der Waals surface area contributed by atoms with Crippen molar-refractivity contribution in [1.29, 1.82) is 0 Å². The number of morpholine rings is 1. The third kappa shape index (κ3) is 2.81. The predicted molar refractivity (Wildman–Crippen MR) is 61.2 cm³/mol. The molecular weight excluding hydrogens is 223 g/mol. The fourth-order valence-corrected chi connectivity index (χ4v) is 1.86. The molecule has 1 aliphatic heterocycles. The molecule has 1 aromatic rings. The SMILES string of the molecule is NC(=O)c1cccc(C(F)N2CCOCC2)c1. The largest absolute Gasteiger partial charge is 0.379 e. The molecule has 0 aliphatic carbocycles. The molecule has 1 fully saturated rings. The normalized spacial score (nSPS) is 18.9. The van der Waals surface area contributed by atoms with Gasteiger partial charge in [0.1, 0.15) is 0 Å². The van der Waals surface area contributed by atoms with Gasteiger partial charge >= 0.3 is 0 Å². The first kappa shape index (κ1) is 12.0. The Hall–Kier alpha value is -1.46. The number of hydrogen-bond acceptors (Lipinski definition) is 3. The average Bonchev–Trinajstić information content (AvgIpc) is 2.39. The lowest BCUT2D eigenvalue weighted by Crippen LogP contribution is -2.37. The van der Waals surface area contributed by atoms with Gasteiger partial charge in [-0.2, -0.15) is 0 Å². The molecule has 2 N–H and O–H groups in total. The molecule has 2 rings (SSSR count). The van der Waals surface area contributed by atoms with E-state index in [4.69, 9.17) is 10.5 Å². The minimum atomic E-state index is -1.21. The molecule has 1 aromatic carbocycles. The van der Waals surface area contributed by atoms with E-state index >= 15 is 0 Å². The summed E-state index contributed by atoms with van der Waals surface area (Å²) in [6, 6.07) is 6.38. The Balaban J connectivity index is 2.14. The summed E-state index contributed by atoms with van der Waals surface area (Å²) in [5, 5.41) is 0. The van der Waals surface area contributed by atoms with Crippen molar-refractivity contribution < 1.29 is 13.9 Å². The summed E-state index contributed by atoms with van der Waals surface area (Å²) in [5.74, 6) is -0.541. The van der Waals surface area contributed by atoms with Gasteiger partial charge in [-0.15, -0.1) is 0 Å². The minimum Gasteiger partial charge on any atom is -0.379 e. The Kier molecular flexibility index (Phi) is 3.71. The highest BCUT2D eigenvalue weighted by atomic mass is 19.1. The Bertz CT molecular complexity index is 405. The molecule has 5 heteroatoms. The van der Waals surface area contributed by atoms with Crippen molar-refractivity contribution >= 4 is 5.91 Å². The van der Waals surface area contributed by atoms with Gasteiger partial charge in [-0.25, -0.2) is 4.39 Å². The van der Waals surface area contributed by atoms with Crippen LogP contribution in [0.15, 0.2) is 24.3 Å². The Labute approximate surface area is 99.2 Å². The smallest absolute Gasteiger partial charge is 0.248 e. The molecule has 0 bridgehead atoms. The summed E-state index contributed by atoms with van der Waals surface area (Å²) in [5.41, 5.74) is 5.96. The lowest BCUT2D eigenvalue weighted by molar-refractivity contribution is -0.0216. The summed E-state index contributed by atoms with van der Waals surface area (Å²) in [6.45, 7) is 2.19. The maximum Gasteiger partial charge on any atom is 0.248 e. The highest BCUT2D eigenvalue weighted by Gasteiger charge is 2.22. The highest BCUT2D eigenvalue weighted by Crippen LogP contribution is 2.23. The van der Waals surface area contributed by atoms with E-state index in [0.717, 1.165) is 0 Å². The van der Waals surface area contributed by atoms with Crippen LogP contribution >= 0.6 is 0 Å². The number of carbonyl (C=O) groups is 1. The van der Waals surface area contributed by atoms with E-state index in [-0.39, 0.29) is 0 Å². The second kappa shape index (κ2) is 5.25. The van der Waals surface area contributed by atoms with Crippen LogP contribution in [0.4, 0.5) is 4.39 Å². The summed E-state index contributed by atoms with van der Waals surface area (Å²) >= 11 is 0. The van der Waals surface area contributed by atoms with E-state index in [1.807, 2.05) is 0 Å². The summed E-state index contributed by atoms with van der Waals surface area (Å²) < 4.78 is 19.3. The van der Waals surface area contributed by atoms with E-state index in [0.29, 0.717) is 37.4 Å². The number of ether oxygens (including phenoxy) is 1. The first-order valence-electron chi connectivity index (χ1n) is 5.54. The minimum absolute atomic E-state index is 0.332. The van der Waals surface area contributed by atoms with Crippen LogP contribution in [0.1, 0.15) is 22.2 Å². The van der Waals surface area contributed by atoms with Crippen molar-refractivity contribution in [2.24, 2.45) is 5.73 Å². The van der Waals surface area contributed by atoms with Crippen molar-refractivity contribution in [1.82, 2.24) is 4.90 Å². The van der Waals surface area contributed by atoms with Crippen LogP contribution in [-0.2, 0) is 4.74 Å². The molecule has 0 radical (unpaired) electrons. The molecule has 1 saturated heterocycles. The topological polar surface area (TPSA) is 55.6 Å². The van der Waals surface area contributed by atoms with Crippen LogP contribution in [0, 0.1) is 0 Å². The number of primary amides is 1. The van der Waals surface area contributed by atoms with E-state index in [9.17, 15) is 9.18 Å². The molecule has 4 nitrogen and oxygen atoms in total. The Morgan fingerprint density at radius 3 is 2.76 bits per heavy atom. The van der Waals surface area contributed by atoms with Gasteiger partial charge in [0.15, 0.2) is 6.30 Å². The molecule has 0 aromatic heterocycles. The van der Waals surface area contributed by atoms with Crippen LogP contribution in [0.3, 0.4) is 0 Å². The van der Waals surface area contributed by atoms with Crippen LogP contribution < -0.4 is 5.73 Å². The second-order valence-electron chi connectivity index (χ2n) is 3.97. The van der Waals surface area contributed by atoms with Gasteiger partial charge in [0.05, 0.1) is 13.2 Å². The number of alkyl halides is 1. The number of hydrogen-bond donors (Lipinski definition) is 1. The van der Waals surface area contributed by atoms with E-state index in [1.165, 1.54) is 6.07 Å². The number of nitrogens with two attached hydrogens (primary N) is 1. The number of carbonyl (C=O) groups excluding carboxylic acids is 1. The number of benzene rings is 1. The van der Waals surface area contributed by atoms with Gasteiger partial charge in [-0.3, -0.25) is 9.69 Å². The molecule has 1 aliphatic rings. The van der Waals surface area contributed by atoms with Crippen molar-refractivity contribution in [2.45, 2.75) is 6.30 Å². The van der Waals surface area contributed by atoms with Gasteiger partial charge in [-0.05, 0) is 12.1 Å². The monoisotopic (exact) mass is 238 g/mol. The lowest BCUT2D eigenvalue weighted by Gasteiger charge is -2.29. The lowest BCUT2D eigenvalue weighted by atomic mass is 10.1. The summed E-state index contributed by atoms with van der Waals surface area (Å²) in [7, 11) is 0. The molecule has 1 atom stereocenters. The van der Waals surface area contributed by atoms with Gasteiger partial charge in [0.2, 0.25) is 5.91 Å². The number of halogens is 1. The summed E-state index contributed by atoms with van der Waals surface area (Å²) in [4.78, 5) is 12.7. The van der Waals surface area contributed by atoms with Gasteiger partial charge < -0.3 is 10.5 Å². The molecule has 1 heterocycles. The van der Waals surface area contributed by atoms with Gasteiger partial charge in [0.25, 0.3) is 0 Å². The van der Waals surface area contributed by atoms with Crippen molar-refractivity contribution in [2.75, 3.05) is 26.3 Å². The maximum absolute atomic E-state index is 14.2. The second-order valence-corrected chi connectivity index (χ2v) is 3.97. The van der Waals surface area contributed by atoms with Crippen LogP contribution in [0.2, 0.25) is 0 Å². The number of amides is 1. The first-order chi connectivity index (χ1) is 8.18. The van der Waals surface area contributed by atoms with Crippen LogP contribution in [0.25, 0.3) is 0 Å². The van der Waals surface area contributed by atoms with Crippen LogP contribution in [-0.4, -0.2) is 37.1 Å². The van der Waals surface area contributed by atoms with Gasteiger partial charge in [0, 0.05) is 24.2 Å². The zero-order valence-corrected chi connectivity index (χ0v) is 9.43. The third-order valence-corrected chi connectivity index (χ3v) is 2.81. The zero-order chi connectivity index (χ0) is 12.3. The van der Waals surface area contributed by atoms with E-state index in [1.54, 1.807) is 23.1 Å². The highest BCUT2D eigenvalue weighted by molar-refractivity contribution is 5.92. The van der Waals surface area contributed by atoms with Crippen molar-refractivity contribution in [3.8, 4) is 0 Å². The molecule has 0 saturated carbocycles. The zero-order valence-electron chi connectivity index (χ0n) is 9.43. The Morgan fingerprint density at radius 1 is 1.41 bits per heavy atom. The quantitative estimate of drug-likeness (QED) is 0.802. The molecule has 0 spiro atoms. The molecule has 1 amide bonds.